The van der Waals surface area contributed by atoms with Crippen LogP contribution in [-0.4, -0.2) is 39.3 Å². The number of para-hydroxylation sites is 2. The number of rotatable bonds is 4. The Morgan fingerprint density at radius 2 is 1.96 bits per heavy atom. The minimum absolute atomic E-state index is 0.161. The first kappa shape index (κ1) is 16.3. The molecule has 6 heteroatoms. The summed E-state index contributed by atoms with van der Waals surface area (Å²) in [7, 11) is 1.45. The fourth-order valence-corrected chi connectivity index (χ4v) is 2.71. The summed E-state index contributed by atoms with van der Waals surface area (Å²) in [4.78, 5) is 14.7. The zero-order chi connectivity index (χ0) is 16.9. The van der Waals surface area contributed by atoms with Gasteiger partial charge in [0.05, 0.1) is 37.3 Å². The van der Waals surface area contributed by atoms with Gasteiger partial charge in [-0.25, -0.2) is 4.39 Å². The maximum atomic E-state index is 13.5. The Morgan fingerprint density at radius 1 is 1.21 bits per heavy atom. The second-order valence-electron chi connectivity index (χ2n) is 5.42. The number of carbonyl (C=O) groups is 1. The van der Waals surface area contributed by atoms with Crippen molar-refractivity contribution in [3.8, 4) is 5.75 Å². The third-order valence-electron chi connectivity index (χ3n) is 3.91. The molecule has 1 saturated heterocycles. The molecule has 1 N–H and O–H groups in total. The average molecular weight is 330 g/mol. The number of nitrogens with zero attached hydrogens (tertiary/aromatic N) is 1. The number of halogens is 1. The van der Waals surface area contributed by atoms with E-state index in [1.807, 2.05) is 24.3 Å². The molecular formula is C18H19FN2O3. The lowest BCUT2D eigenvalue weighted by Crippen LogP contribution is -2.36. The van der Waals surface area contributed by atoms with E-state index in [0.717, 1.165) is 18.8 Å². The average Bonchev–Trinajstić information content (AvgIpc) is 2.63. The number of benzene rings is 2. The monoisotopic (exact) mass is 330 g/mol. The van der Waals surface area contributed by atoms with Gasteiger partial charge in [0.2, 0.25) is 0 Å². The first-order valence-electron chi connectivity index (χ1n) is 7.75. The van der Waals surface area contributed by atoms with Crippen molar-refractivity contribution in [2.24, 2.45) is 0 Å². The topological polar surface area (TPSA) is 50.8 Å². The molecule has 126 valence electrons. The number of amides is 1. The standard InChI is InChI=1S/C18H19FN2O3/c1-23-17-7-6-13(19)12-14(17)18(22)20-15-4-2-3-5-16(15)21-8-10-24-11-9-21/h2-7,12H,8-11H2,1H3,(H,20,22). The highest BCUT2D eigenvalue weighted by Gasteiger charge is 2.18. The summed E-state index contributed by atoms with van der Waals surface area (Å²) in [6.45, 7) is 2.83. The fraction of sp³-hybridized carbons (Fsp3) is 0.278. The molecule has 3 rings (SSSR count). The summed E-state index contributed by atoms with van der Waals surface area (Å²) < 4.78 is 24.0. The number of hydrogen-bond acceptors (Lipinski definition) is 4. The van der Waals surface area contributed by atoms with Crippen LogP contribution in [0, 0.1) is 5.82 Å². The van der Waals surface area contributed by atoms with E-state index in [9.17, 15) is 9.18 Å². The molecule has 0 spiro atoms. The molecule has 24 heavy (non-hydrogen) atoms. The number of hydrogen-bond donors (Lipinski definition) is 1. The molecule has 0 atom stereocenters. The highest BCUT2D eigenvalue weighted by atomic mass is 19.1. The predicted molar refractivity (Wildman–Crippen MR) is 90.4 cm³/mol. The van der Waals surface area contributed by atoms with Crippen LogP contribution in [0.4, 0.5) is 15.8 Å². The van der Waals surface area contributed by atoms with Crippen molar-refractivity contribution in [2.75, 3.05) is 43.6 Å². The number of methoxy groups -OCH3 is 1. The summed E-state index contributed by atoms with van der Waals surface area (Å²) in [5.74, 6) is -0.563. The summed E-state index contributed by atoms with van der Waals surface area (Å²) in [5, 5.41) is 2.86. The van der Waals surface area contributed by atoms with E-state index >= 15 is 0 Å². The Hall–Kier alpha value is -2.60. The Labute approximate surface area is 140 Å². The number of morpholine rings is 1. The fourth-order valence-electron chi connectivity index (χ4n) is 2.71. The largest absolute Gasteiger partial charge is 0.496 e. The van der Waals surface area contributed by atoms with E-state index < -0.39 is 11.7 Å². The third kappa shape index (κ3) is 3.49. The van der Waals surface area contributed by atoms with Gasteiger partial charge in [-0.2, -0.15) is 0 Å². The van der Waals surface area contributed by atoms with Gasteiger partial charge in [0, 0.05) is 13.1 Å². The second-order valence-corrected chi connectivity index (χ2v) is 5.42. The molecule has 0 saturated carbocycles. The number of carbonyl (C=O) groups excluding carboxylic acids is 1. The van der Waals surface area contributed by atoms with Crippen LogP contribution >= 0.6 is 0 Å². The predicted octanol–water partition coefficient (Wildman–Crippen LogP) is 2.92. The van der Waals surface area contributed by atoms with Gasteiger partial charge >= 0.3 is 0 Å². The van der Waals surface area contributed by atoms with Crippen molar-refractivity contribution in [1.29, 1.82) is 0 Å². The van der Waals surface area contributed by atoms with Crippen LogP contribution in [-0.2, 0) is 4.74 Å². The van der Waals surface area contributed by atoms with Crippen LogP contribution in [0.15, 0.2) is 42.5 Å². The van der Waals surface area contributed by atoms with Crippen LogP contribution in [0.2, 0.25) is 0 Å². The van der Waals surface area contributed by atoms with Gasteiger partial charge < -0.3 is 19.7 Å². The van der Waals surface area contributed by atoms with Gasteiger partial charge in [0.15, 0.2) is 0 Å². The lowest BCUT2D eigenvalue weighted by atomic mass is 10.1. The van der Waals surface area contributed by atoms with Crippen LogP contribution in [0.25, 0.3) is 0 Å². The minimum atomic E-state index is -0.484. The van der Waals surface area contributed by atoms with Crippen molar-refractivity contribution in [1.82, 2.24) is 0 Å². The maximum absolute atomic E-state index is 13.5. The van der Waals surface area contributed by atoms with Crippen LogP contribution in [0.3, 0.4) is 0 Å². The van der Waals surface area contributed by atoms with Crippen LogP contribution < -0.4 is 15.0 Å². The molecule has 5 nitrogen and oxygen atoms in total. The maximum Gasteiger partial charge on any atom is 0.259 e. The zero-order valence-electron chi connectivity index (χ0n) is 13.4. The molecule has 1 amide bonds. The molecule has 0 bridgehead atoms. The molecule has 2 aromatic rings. The van der Waals surface area contributed by atoms with E-state index in [1.54, 1.807) is 0 Å². The Balaban J connectivity index is 1.86. The zero-order valence-corrected chi connectivity index (χ0v) is 13.4. The molecule has 0 aromatic heterocycles. The normalized spacial score (nSPS) is 14.3. The lowest BCUT2D eigenvalue weighted by molar-refractivity contribution is 0.102. The SMILES string of the molecule is COc1ccc(F)cc1C(=O)Nc1ccccc1N1CCOCC1. The van der Waals surface area contributed by atoms with E-state index in [0.29, 0.717) is 24.7 Å². The summed E-state index contributed by atoms with van der Waals surface area (Å²) in [6, 6.07) is 11.4. The van der Waals surface area contributed by atoms with Crippen molar-refractivity contribution in [3.63, 3.8) is 0 Å². The van der Waals surface area contributed by atoms with E-state index in [-0.39, 0.29) is 5.56 Å². The first-order valence-corrected chi connectivity index (χ1v) is 7.75. The highest BCUT2D eigenvalue weighted by Crippen LogP contribution is 2.28. The first-order chi connectivity index (χ1) is 11.7. The lowest BCUT2D eigenvalue weighted by Gasteiger charge is -2.30. The molecule has 1 aliphatic heterocycles. The van der Waals surface area contributed by atoms with Crippen molar-refractivity contribution in [3.05, 3.63) is 53.8 Å². The second kappa shape index (κ2) is 7.31. The molecule has 1 heterocycles. The van der Waals surface area contributed by atoms with Crippen LogP contribution in [0.1, 0.15) is 10.4 Å². The summed E-state index contributed by atoms with van der Waals surface area (Å²) in [5.41, 5.74) is 1.76. The number of ether oxygens (including phenoxy) is 2. The van der Waals surface area contributed by atoms with Gasteiger partial charge in [-0.3, -0.25) is 4.79 Å². The molecule has 0 aliphatic carbocycles. The van der Waals surface area contributed by atoms with E-state index in [1.165, 1.54) is 25.3 Å². The third-order valence-corrected chi connectivity index (χ3v) is 3.91. The molecule has 2 aromatic carbocycles. The van der Waals surface area contributed by atoms with Gasteiger partial charge in [-0.1, -0.05) is 12.1 Å². The number of nitrogens with one attached hydrogen (secondary N) is 1. The van der Waals surface area contributed by atoms with Crippen molar-refractivity contribution < 1.29 is 18.7 Å². The molecule has 0 unspecified atom stereocenters. The Bertz CT molecular complexity index is 730. The van der Waals surface area contributed by atoms with Crippen LogP contribution in [0.5, 0.6) is 5.75 Å². The van der Waals surface area contributed by atoms with Crippen molar-refractivity contribution in [2.45, 2.75) is 0 Å². The van der Waals surface area contributed by atoms with E-state index in [2.05, 4.69) is 10.2 Å². The van der Waals surface area contributed by atoms with Gasteiger partial charge in [0.25, 0.3) is 5.91 Å². The smallest absolute Gasteiger partial charge is 0.259 e. The van der Waals surface area contributed by atoms with Gasteiger partial charge in [-0.15, -0.1) is 0 Å². The quantitative estimate of drug-likeness (QED) is 0.936. The molecule has 0 radical (unpaired) electrons. The molecule has 1 aliphatic rings. The Kier molecular flexibility index (Phi) is 4.96. The van der Waals surface area contributed by atoms with Crippen molar-refractivity contribution >= 4 is 17.3 Å². The highest BCUT2D eigenvalue weighted by molar-refractivity contribution is 6.07. The Morgan fingerprint density at radius 3 is 2.71 bits per heavy atom. The van der Waals surface area contributed by atoms with Gasteiger partial charge in [0.1, 0.15) is 11.6 Å². The van der Waals surface area contributed by atoms with E-state index in [4.69, 9.17) is 9.47 Å². The summed E-state index contributed by atoms with van der Waals surface area (Å²) in [6.07, 6.45) is 0. The van der Waals surface area contributed by atoms with Gasteiger partial charge in [-0.05, 0) is 30.3 Å². The number of anilines is 2. The summed E-state index contributed by atoms with van der Waals surface area (Å²) >= 11 is 0. The minimum Gasteiger partial charge on any atom is -0.496 e. The molecule has 1 fully saturated rings. The molecular weight excluding hydrogens is 311 g/mol.